The van der Waals surface area contributed by atoms with Crippen LogP contribution in [0.1, 0.15) is 32.1 Å². The molecule has 0 aromatic carbocycles. The Balaban J connectivity index is 1.86. The molecule has 2 unspecified atom stereocenters. The van der Waals surface area contributed by atoms with E-state index in [1.807, 2.05) is 0 Å². The molecule has 2 fully saturated rings. The van der Waals surface area contributed by atoms with Gasteiger partial charge >= 0.3 is 0 Å². The van der Waals surface area contributed by atoms with Gasteiger partial charge in [0.1, 0.15) is 0 Å². The topological polar surface area (TPSA) is 3.24 Å². The summed E-state index contributed by atoms with van der Waals surface area (Å²) >= 11 is 3.45. The Labute approximate surface area is 89.3 Å². The lowest BCUT2D eigenvalue weighted by atomic mass is 9.85. The van der Waals surface area contributed by atoms with Crippen molar-refractivity contribution in [2.75, 3.05) is 13.1 Å². The second kappa shape index (κ2) is 4.14. The summed E-state index contributed by atoms with van der Waals surface area (Å²) < 4.78 is 1.13. The number of nitrogens with zero attached hydrogens (tertiary/aromatic N) is 1. The lowest BCUT2D eigenvalue weighted by Gasteiger charge is -2.47. The highest BCUT2D eigenvalue weighted by atomic mass is 79.9. The molecule has 2 rings (SSSR count). The van der Waals surface area contributed by atoms with Crippen molar-refractivity contribution in [1.29, 1.82) is 0 Å². The molecule has 0 bridgehead atoms. The fraction of sp³-hybridized carbons (Fsp3) is 0.818. The van der Waals surface area contributed by atoms with Gasteiger partial charge in [-0.1, -0.05) is 41.8 Å². The van der Waals surface area contributed by atoms with Crippen molar-refractivity contribution in [3.63, 3.8) is 0 Å². The normalized spacial score (nSPS) is 34.5. The Morgan fingerprint density at radius 2 is 2.08 bits per heavy atom. The van der Waals surface area contributed by atoms with E-state index in [0.717, 1.165) is 23.0 Å². The highest BCUT2D eigenvalue weighted by Crippen LogP contribution is 2.36. The molecule has 0 spiro atoms. The minimum atomic E-state index is 0.886. The number of likely N-dealkylation sites (tertiary alicyclic amines) is 1. The number of hydrogen-bond acceptors (Lipinski definition) is 1. The Morgan fingerprint density at radius 3 is 2.85 bits per heavy atom. The van der Waals surface area contributed by atoms with Crippen molar-refractivity contribution in [1.82, 2.24) is 4.90 Å². The first-order chi connectivity index (χ1) is 6.27. The molecule has 2 heteroatoms. The summed E-state index contributed by atoms with van der Waals surface area (Å²) in [5, 5.41) is 0. The van der Waals surface area contributed by atoms with E-state index in [2.05, 4.69) is 27.4 Å². The molecule has 0 amide bonds. The molecule has 1 nitrogen and oxygen atoms in total. The Hall–Kier alpha value is 0.180. The molecule has 0 N–H and O–H groups in total. The SMILES string of the molecule is C=C(Br)CN1CC2CCCCCC21. The largest absolute Gasteiger partial charge is 0.295 e. The summed E-state index contributed by atoms with van der Waals surface area (Å²) in [6.45, 7) is 6.28. The van der Waals surface area contributed by atoms with Crippen LogP contribution in [0.15, 0.2) is 11.1 Å². The van der Waals surface area contributed by atoms with Crippen molar-refractivity contribution < 1.29 is 0 Å². The number of hydrogen-bond donors (Lipinski definition) is 0. The van der Waals surface area contributed by atoms with Gasteiger partial charge in [0, 0.05) is 23.6 Å². The molecule has 0 aromatic rings. The lowest BCUT2D eigenvalue weighted by molar-refractivity contribution is 0.0211. The van der Waals surface area contributed by atoms with E-state index in [0.29, 0.717) is 0 Å². The van der Waals surface area contributed by atoms with Gasteiger partial charge in [-0.2, -0.15) is 0 Å². The maximum absolute atomic E-state index is 3.91. The molecule has 2 atom stereocenters. The minimum absolute atomic E-state index is 0.886. The third kappa shape index (κ3) is 2.16. The van der Waals surface area contributed by atoms with Gasteiger partial charge in [-0.3, -0.25) is 4.90 Å². The first kappa shape index (κ1) is 9.72. The average molecular weight is 244 g/mol. The van der Waals surface area contributed by atoms with Crippen LogP contribution in [-0.2, 0) is 0 Å². The van der Waals surface area contributed by atoms with Crippen molar-refractivity contribution in [2.24, 2.45) is 5.92 Å². The first-order valence-corrected chi connectivity index (χ1v) is 6.14. The van der Waals surface area contributed by atoms with Crippen molar-refractivity contribution >= 4 is 15.9 Å². The van der Waals surface area contributed by atoms with Crippen LogP contribution in [0.3, 0.4) is 0 Å². The zero-order valence-electron chi connectivity index (χ0n) is 8.14. The Morgan fingerprint density at radius 1 is 1.31 bits per heavy atom. The van der Waals surface area contributed by atoms with Gasteiger partial charge in [0.05, 0.1) is 0 Å². The van der Waals surface area contributed by atoms with Crippen LogP contribution in [0.4, 0.5) is 0 Å². The molecular weight excluding hydrogens is 226 g/mol. The second-order valence-corrected chi connectivity index (χ2v) is 5.53. The lowest BCUT2D eigenvalue weighted by Crippen LogP contribution is -2.55. The van der Waals surface area contributed by atoms with Crippen LogP contribution < -0.4 is 0 Å². The van der Waals surface area contributed by atoms with E-state index in [-0.39, 0.29) is 0 Å². The quantitative estimate of drug-likeness (QED) is 0.721. The average Bonchev–Trinajstić information content (AvgIpc) is 2.22. The molecule has 1 saturated carbocycles. The van der Waals surface area contributed by atoms with Gasteiger partial charge in [-0.05, 0) is 18.8 Å². The number of halogens is 1. The van der Waals surface area contributed by atoms with Gasteiger partial charge in [0.2, 0.25) is 0 Å². The number of rotatable bonds is 2. The monoisotopic (exact) mass is 243 g/mol. The molecule has 13 heavy (non-hydrogen) atoms. The molecule has 1 aliphatic carbocycles. The summed E-state index contributed by atoms with van der Waals surface area (Å²) in [6, 6.07) is 0.886. The standard InChI is InChI=1S/C11H18BrN/c1-9(12)7-13-8-10-5-3-2-4-6-11(10)13/h10-11H,1-8H2. The zero-order valence-corrected chi connectivity index (χ0v) is 9.72. The fourth-order valence-electron chi connectivity index (χ4n) is 2.76. The van der Waals surface area contributed by atoms with E-state index in [4.69, 9.17) is 0 Å². The first-order valence-electron chi connectivity index (χ1n) is 5.34. The summed E-state index contributed by atoms with van der Waals surface area (Å²) in [5.74, 6) is 1.01. The molecule has 0 aromatic heterocycles. The van der Waals surface area contributed by atoms with Crippen molar-refractivity contribution in [3.05, 3.63) is 11.1 Å². The summed E-state index contributed by atoms with van der Waals surface area (Å²) in [7, 11) is 0. The summed E-state index contributed by atoms with van der Waals surface area (Å²) in [4.78, 5) is 2.58. The predicted octanol–water partition coefficient (Wildman–Crippen LogP) is 3.16. The third-order valence-electron chi connectivity index (χ3n) is 3.43. The third-order valence-corrected chi connectivity index (χ3v) is 3.68. The molecule has 1 aliphatic heterocycles. The van der Waals surface area contributed by atoms with Crippen molar-refractivity contribution in [2.45, 2.75) is 38.1 Å². The Bertz CT molecular complexity index is 202. The van der Waals surface area contributed by atoms with Gasteiger partial charge in [0.15, 0.2) is 0 Å². The molecule has 1 saturated heterocycles. The van der Waals surface area contributed by atoms with Crippen LogP contribution in [-0.4, -0.2) is 24.0 Å². The fourth-order valence-corrected chi connectivity index (χ4v) is 3.08. The summed E-state index contributed by atoms with van der Waals surface area (Å²) in [6.07, 6.45) is 7.24. The highest BCUT2D eigenvalue weighted by molar-refractivity contribution is 9.11. The van der Waals surface area contributed by atoms with E-state index in [9.17, 15) is 0 Å². The van der Waals surface area contributed by atoms with Crippen LogP contribution >= 0.6 is 15.9 Å². The van der Waals surface area contributed by atoms with E-state index < -0.39 is 0 Å². The van der Waals surface area contributed by atoms with Gasteiger partial charge < -0.3 is 0 Å². The minimum Gasteiger partial charge on any atom is -0.295 e. The molecular formula is C11H18BrN. The van der Waals surface area contributed by atoms with Crippen LogP contribution in [0.2, 0.25) is 0 Å². The van der Waals surface area contributed by atoms with Crippen molar-refractivity contribution in [3.8, 4) is 0 Å². The maximum Gasteiger partial charge on any atom is 0.0297 e. The van der Waals surface area contributed by atoms with Gasteiger partial charge in [-0.25, -0.2) is 0 Å². The van der Waals surface area contributed by atoms with E-state index >= 15 is 0 Å². The smallest absolute Gasteiger partial charge is 0.0297 e. The maximum atomic E-state index is 3.91. The van der Waals surface area contributed by atoms with Crippen LogP contribution in [0, 0.1) is 5.92 Å². The summed E-state index contributed by atoms with van der Waals surface area (Å²) in [5.41, 5.74) is 0. The van der Waals surface area contributed by atoms with E-state index in [1.54, 1.807) is 0 Å². The molecule has 1 heterocycles. The molecule has 2 aliphatic rings. The van der Waals surface area contributed by atoms with Crippen LogP contribution in [0.5, 0.6) is 0 Å². The Kier molecular flexibility index (Phi) is 3.10. The molecule has 0 radical (unpaired) electrons. The zero-order chi connectivity index (χ0) is 9.26. The molecule has 74 valence electrons. The predicted molar refractivity (Wildman–Crippen MR) is 60.0 cm³/mol. The van der Waals surface area contributed by atoms with Gasteiger partial charge in [-0.15, -0.1) is 0 Å². The van der Waals surface area contributed by atoms with Crippen LogP contribution in [0.25, 0.3) is 0 Å². The van der Waals surface area contributed by atoms with E-state index in [1.165, 1.54) is 38.6 Å². The highest BCUT2D eigenvalue weighted by Gasteiger charge is 2.38. The number of fused-ring (bicyclic) bond motifs is 1. The van der Waals surface area contributed by atoms with Gasteiger partial charge in [0.25, 0.3) is 0 Å². The second-order valence-electron chi connectivity index (χ2n) is 4.41.